The minimum absolute atomic E-state index is 0.0119. The predicted molar refractivity (Wildman–Crippen MR) is 95.0 cm³/mol. The monoisotopic (exact) mass is 382 g/mol. The van der Waals surface area contributed by atoms with Crippen LogP contribution >= 0.6 is 0 Å². The summed E-state index contributed by atoms with van der Waals surface area (Å²) >= 11 is 0. The second kappa shape index (κ2) is 10.3. The first kappa shape index (κ1) is 22.1. The van der Waals surface area contributed by atoms with E-state index < -0.39 is 41.8 Å². The maximum absolute atomic E-state index is 12.5. The van der Waals surface area contributed by atoms with Crippen molar-refractivity contribution in [2.75, 3.05) is 0 Å². The molecule has 0 aliphatic heterocycles. The number of carbonyl (C=O) groups is 4. The average Bonchev–Trinajstić information content (AvgIpc) is 3.09. The number of amides is 3. The minimum Gasteiger partial charge on any atom is -0.480 e. The fourth-order valence-electron chi connectivity index (χ4n) is 2.30. The van der Waals surface area contributed by atoms with Gasteiger partial charge in [0.15, 0.2) is 0 Å². The number of nitrogens with two attached hydrogens (primary N) is 2. The molecule has 0 saturated carbocycles. The van der Waals surface area contributed by atoms with E-state index in [0.29, 0.717) is 5.69 Å². The Morgan fingerprint density at radius 1 is 1.22 bits per heavy atom. The molecule has 11 heteroatoms. The van der Waals surface area contributed by atoms with Gasteiger partial charge in [-0.05, 0) is 12.3 Å². The fourth-order valence-corrected chi connectivity index (χ4v) is 2.30. The van der Waals surface area contributed by atoms with Gasteiger partial charge in [0.05, 0.1) is 12.4 Å². The molecule has 150 valence electrons. The van der Waals surface area contributed by atoms with Crippen LogP contribution in [-0.2, 0) is 25.6 Å². The van der Waals surface area contributed by atoms with Crippen molar-refractivity contribution in [3.05, 3.63) is 18.2 Å². The molecule has 11 nitrogen and oxygen atoms in total. The van der Waals surface area contributed by atoms with E-state index in [4.69, 9.17) is 11.5 Å². The van der Waals surface area contributed by atoms with Gasteiger partial charge in [-0.3, -0.25) is 14.4 Å². The Morgan fingerprint density at radius 3 is 2.37 bits per heavy atom. The van der Waals surface area contributed by atoms with E-state index in [1.54, 1.807) is 13.8 Å². The second-order valence-corrected chi connectivity index (χ2v) is 6.52. The highest BCUT2D eigenvalue weighted by Gasteiger charge is 2.30. The average molecular weight is 382 g/mol. The van der Waals surface area contributed by atoms with E-state index in [1.165, 1.54) is 12.5 Å². The number of primary amides is 1. The van der Waals surface area contributed by atoms with Crippen molar-refractivity contribution in [1.29, 1.82) is 0 Å². The molecule has 0 saturated heterocycles. The molecule has 1 heterocycles. The highest BCUT2D eigenvalue weighted by Crippen LogP contribution is 2.06. The maximum Gasteiger partial charge on any atom is 0.326 e. The fraction of sp³-hybridized carbons (Fsp3) is 0.562. The number of carboxylic acid groups (broad SMARTS) is 1. The number of hydrogen-bond donors (Lipinski definition) is 6. The van der Waals surface area contributed by atoms with Crippen molar-refractivity contribution in [1.82, 2.24) is 20.6 Å². The Kier molecular flexibility index (Phi) is 8.39. The SMILES string of the molecule is CC(C)[C@H](NC(=O)[C@@H](N)CCC(N)=O)C(=O)N[C@@H](Cc1cnc[nH]1)C(=O)O. The topological polar surface area (TPSA) is 193 Å². The lowest BCUT2D eigenvalue weighted by molar-refractivity contribution is -0.142. The summed E-state index contributed by atoms with van der Waals surface area (Å²) < 4.78 is 0. The Hall–Kier alpha value is -2.95. The van der Waals surface area contributed by atoms with Gasteiger partial charge in [0.1, 0.15) is 12.1 Å². The Balaban J connectivity index is 2.74. The van der Waals surface area contributed by atoms with Crippen molar-refractivity contribution >= 4 is 23.7 Å². The number of aromatic amines is 1. The van der Waals surface area contributed by atoms with E-state index in [2.05, 4.69) is 20.6 Å². The third-order valence-corrected chi connectivity index (χ3v) is 3.88. The predicted octanol–water partition coefficient (Wildman–Crippen LogP) is -1.74. The third-order valence-electron chi connectivity index (χ3n) is 3.88. The van der Waals surface area contributed by atoms with Gasteiger partial charge in [0.25, 0.3) is 0 Å². The van der Waals surface area contributed by atoms with E-state index in [1.807, 2.05) is 0 Å². The van der Waals surface area contributed by atoms with Crippen LogP contribution in [0.1, 0.15) is 32.4 Å². The lowest BCUT2D eigenvalue weighted by atomic mass is 10.0. The maximum atomic E-state index is 12.5. The Bertz CT molecular complexity index is 660. The number of hydrogen-bond acceptors (Lipinski definition) is 6. The van der Waals surface area contributed by atoms with Crippen LogP contribution in [0.5, 0.6) is 0 Å². The van der Waals surface area contributed by atoms with Crippen molar-refractivity contribution in [3.63, 3.8) is 0 Å². The summed E-state index contributed by atoms with van der Waals surface area (Å²) in [6.07, 6.45) is 2.86. The summed E-state index contributed by atoms with van der Waals surface area (Å²) in [7, 11) is 0. The molecule has 0 bridgehead atoms. The van der Waals surface area contributed by atoms with Crippen molar-refractivity contribution in [2.45, 2.75) is 51.2 Å². The van der Waals surface area contributed by atoms with Crippen LogP contribution in [0.25, 0.3) is 0 Å². The first-order chi connectivity index (χ1) is 12.6. The lowest BCUT2D eigenvalue weighted by Crippen LogP contribution is -2.56. The molecule has 1 aromatic heterocycles. The van der Waals surface area contributed by atoms with Crippen molar-refractivity contribution in [2.24, 2.45) is 17.4 Å². The third kappa shape index (κ3) is 7.44. The highest BCUT2D eigenvalue weighted by atomic mass is 16.4. The molecule has 27 heavy (non-hydrogen) atoms. The molecule has 0 spiro atoms. The number of carbonyl (C=O) groups excluding carboxylic acids is 3. The Morgan fingerprint density at radius 2 is 1.89 bits per heavy atom. The first-order valence-corrected chi connectivity index (χ1v) is 8.46. The van der Waals surface area contributed by atoms with Gasteiger partial charge in [-0.15, -0.1) is 0 Å². The molecular weight excluding hydrogens is 356 g/mol. The zero-order valence-electron chi connectivity index (χ0n) is 15.3. The summed E-state index contributed by atoms with van der Waals surface area (Å²) in [5.41, 5.74) is 11.3. The van der Waals surface area contributed by atoms with Crippen molar-refractivity contribution < 1.29 is 24.3 Å². The number of nitrogens with zero attached hydrogens (tertiary/aromatic N) is 1. The van der Waals surface area contributed by atoms with Crippen LogP contribution in [-0.4, -0.2) is 56.9 Å². The molecule has 0 aliphatic rings. The summed E-state index contributed by atoms with van der Waals surface area (Å²) in [5.74, 6) is -3.39. The molecule has 0 aliphatic carbocycles. The normalized spacial score (nSPS) is 14.2. The van der Waals surface area contributed by atoms with E-state index in [9.17, 15) is 24.3 Å². The van der Waals surface area contributed by atoms with Crippen LogP contribution in [0.3, 0.4) is 0 Å². The number of nitrogens with one attached hydrogen (secondary N) is 3. The molecule has 0 aromatic carbocycles. The van der Waals surface area contributed by atoms with Crippen LogP contribution in [0, 0.1) is 5.92 Å². The molecular formula is C16H26N6O5. The number of aliphatic carboxylic acids is 1. The highest BCUT2D eigenvalue weighted by molar-refractivity contribution is 5.92. The lowest BCUT2D eigenvalue weighted by Gasteiger charge is -2.25. The summed E-state index contributed by atoms with van der Waals surface area (Å²) in [6.45, 7) is 3.40. The molecule has 3 atom stereocenters. The van der Waals surface area contributed by atoms with Crippen LogP contribution < -0.4 is 22.1 Å². The number of aromatic nitrogens is 2. The Labute approximate surface area is 156 Å². The van der Waals surface area contributed by atoms with E-state index in [0.717, 1.165) is 0 Å². The van der Waals surface area contributed by atoms with E-state index in [-0.39, 0.29) is 25.2 Å². The zero-order valence-corrected chi connectivity index (χ0v) is 15.3. The number of H-pyrrole nitrogens is 1. The van der Waals surface area contributed by atoms with Gasteiger partial charge in [-0.2, -0.15) is 0 Å². The van der Waals surface area contributed by atoms with Gasteiger partial charge in [-0.25, -0.2) is 9.78 Å². The van der Waals surface area contributed by atoms with Gasteiger partial charge in [0.2, 0.25) is 17.7 Å². The minimum atomic E-state index is -1.22. The largest absolute Gasteiger partial charge is 0.480 e. The van der Waals surface area contributed by atoms with Gasteiger partial charge < -0.3 is 32.2 Å². The molecule has 0 unspecified atom stereocenters. The molecule has 0 fully saturated rings. The van der Waals surface area contributed by atoms with Crippen LogP contribution in [0.15, 0.2) is 12.5 Å². The van der Waals surface area contributed by atoms with Gasteiger partial charge >= 0.3 is 5.97 Å². The molecule has 0 radical (unpaired) electrons. The van der Waals surface area contributed by atoms with Crippen LogP contribution in [0.4, 0.5) is 0 Å². The smallest absolute Gasteiger partial charge is 0.326 e. The number of imidazole rings is 1. The number of carboxylic acids is 1. The quantitative estimate of drug-likeness (QED) is 0.261. The van der Waals surface area contributed by atoms with Gasteiger partial charge in [-0.1, -0.05) is 13.8 Å². The van der Waals surface area contributed by atoms with Crippen molar-refractivity contribution in [3.8, 4) is 0 Å². The molecule has 8 N–H and O–H groups in total. The van der Waals surface area contributed by atoms with Gasteiger partial charge in [0, 0.05) is 24.7 Å². The molecule has 1 rings (SSSR count). The summed E-state index contributed by atoms with van der Waals surface area (Å²) in [6, 6.07) is -3.19. The summed E-state index contributed by atoms with van der Waals surface area (Å²) in [5, 5.41) is 14.2. The zero-order chi connectivity index (χ0) is 20.6. The summed E-state index contributed by atoms with van der Waals surface area (Å²) in [4.78, 5) is 53.5. The molecule has 1 aromatic rings. The second-order valence-electron chi connectivity index (χ2n) is 6.52. The standard InChI is InChI=1S/C16H26N6O5/c1-8(2)13(22-14(24)10(17)3-4-12(18)23)15(25)21-11(16(26)27)5-9-6-19-7-20-9/h6-8,10-11,13H,3-5,17H2,1-2H3,(H2,18,23)(H,19,20)(H,21,25)(H,22,24)(H,26,27)/t10-,11-,13-/m0/s1. The van der Waals surface area contributed by atoms with E-state index >= 15 is 0 Å². The first-order valence-electron chi connectivity index (χ1n) is 8.46. The van der Waals surface area contributed by atoms with Crippen LogP contribution in [0.2, 0.25) is 0 Å². The molecule has 3 amide bonds. The number of rotatable bonds is 11.